The van der Waals surface area contributed by atoms with Crippen LogP contribution in [0.3, 0.4) is 0 Å². The first kappa shape index (κ1) is 18.9. The average molecular weight is 362 g/mol. The summed E-state index contributed by atoms with van der Waals surface area (Å²) in [6.07, 6.45) is 0. The third-order valence-electron chi connectivity index (χ3n) is 4.24. The molecule has 0 aliphatic carbocycles. The van der Waals surface area contributed by atoms with E-state index in [1.54, 1.807) is 7.11 Å². The summed E-state index contributed by atoms with van der Waals surface area (Å²) in [6, 6.07) is 20.4. The van der Waals surface area contributed by atoms with Gasteiger partial charge in [0.2, 0.25) is 5.95 Å². The Hall–Kier alpha value is -2.92. The number of hydrogen-bond donors (Lipinski definition) is 2. The number of ether oxygens (including phenoxy) is 1. The molecule has 0 fully saturated rings. The summed E-state index contributed by atoms with van der Waals surface area (Å²) in [5, 5.41) is 6.61. The highest BCUT2D eigenvalue weighted by Crippen LogP contribution is 2.24. The fraction of sp³-hybridized carbons (Fsp3) is 0.273. The minimum Gasteiger partial charge on any atom is -0.383 e. The van der Waals surface area contributed by atoms with Gasteiger partial charge in [0, 0.05) is 31.0 Å². The molecule has 0 atom stereocenters. The molecule has 0 saturated heterocycles. The summed E-state index contributed by atoms with van der Waals surface area (Å²) in [7, 11) is 1.69. The number of aromatic nitrogens is 2. The molecule has 0 aliphatic heterocycles. The molecule has 0 unspecified atom stereocenters. The number of rotatable bonds is 8. The van der Waals surface area contributed by atoms with Gasteiger partial charge in [0.15, 0.2) is 0 Å². The van der Waals surface area contributed by atoms with Crippen molar-refractivity contribution in [3.8, 4) is 11.3 Å². The van der Waals surface area contributed by atoms with Crippen LogP contribution in [0.1, 0.15) is 25.3 Å². The summed E-state index contributed by atoms with van der Waals surface area (Å²) >= 11 is 0. The van der Waals surface area contributed by atoms with E-state index in [9.17, 15) is 0 Å². The third kappa shape index (κ3) is 5.28. The second-order valence-corrected chi connectivity index (χ2v) is 6.65. The third-order valence-corrected chi connectivity index (χ3v) is 4.24. The van der Waals surface area contributed by atoms with E-state index in [4.69, 9.17) is 9.72 Å². The Morgan fingerprint density at radius 1 is 0.963 bits per heavy atom. The molecule has 1 heterocycles. The minimum atomic E-state index is 0.508. The van der Waals surface area contributed by atoms with E-state index >= 15 is 0 Å². The van der Waals surface area contributed by atoms with E-state index in [-0.39, 0.29) is 0 Å². The lowest BCUT2D eigenvalue weighted by Crippen LogP contribution is -2.10. The van der Waals surface area contributed by atoms with Gasteiger partial charge >= 0.3 is 0 Å². The number of hydrogen-bond acceptors (Lipinski definition) is 5. The van der Waals surface area contributed by atoms with Gasteiger partial charge in [-0.1, -0.05) is 56.3 Å². The van der Waals surface area contributed by atoms with Gasteiger partial charge in [-0.3, -0.25) is 0 Å². The van der Waals surface area contributed by atoms with Gasteiger partial charge in [0.05, 0.1) is 12.3 Å². The Kier molecular flexibility index (Phi) is 6.39. The Balaban J connectivity index is 1.87. The second kappa shape index (κ2) is 9.14. The van der Waals surface area contributed by atoms with Crippen molar-refractivity contribution >= 4 is 17.5 Å². The summed E-state index contributed by atoms with van der Waals surface area (Å²) in [5.74, 6) is 1.84. The van der Waals surface area contributed by atoms with Crippen LogP contribution in [0, 0.1) is 0 Å². The molecular weight excluding hydrogens is 336 g/mol. The molecule has 0 bridgehead atoms. The van der Waals surface area contributed by atoms with Gasteiger partial charge in [-0.25, -0.2) is 4.98 Å². The molecule has 0 saturated carbocycles. The molecule has 27 heavy (non-hydrogen) atoms. The summed E-state index contributed by atoms with van der Waals surface area (Å²) in [6.45, 7) is 5.67. The molecule has 5 nitrogen and oxygen atoms in total. The molecular formula is C22H26N4O. The maximum absolute atomic E-state index is 5.11. The lowest BCUT2D eigenvalue weighted by molar-refractivity contribution is 0.210. The minimum absolute atomic E-state index is 0.508. The van der Waals surface area contributed by atoms with Gasteiger partial charge in [0.1, 0.15) is 5.82 Å². The van der Waals surface area contributed by atoms with Crippen LogP contribution in [0.4, 0.5) is 17.5 Å². The number of benzene rings is 2. The molecule has 140 valence electrons. The zero-order valence-electron chi connectivity index (χ0n) is 16.1. The molecule has 5 heteroatoms. The maximum Gasteiger partial charge on any atom is 0.229 e. The first-order valence-electron chi connectivity index (χ1n) is 9.20. The van der Waals surface area contributed by atoms with Crippen LogP contribution in [0.5, 0.6) is 0 Å². The lowest BCUT2D eigenvalue weighted by Gasteiger charge is -2.12. The highest BCUT2D eigenvalue weighted by Gasteiger charge is 2.08. The van der Waals surface area contributed by atoms with E-state index in [1.165, 1.54) is 5.56 Å². The van der Waals surface area contributed by atoms with Crippen LogP contribution < -0.4 is 10.6 Å². The number of nitrogens with one attached hydrogen (secondary N) is 2. The number of nitrogens with zero attached hydrogens (tertiary/aromatic N) is 2. The molecule has 3 aromatic rings. The molecule has 3 rings (SSSR count). The van der Waals surface area contributed by atoms with E-state index in [0.717, 1.165) is 22.8 Å². The number of methoxy groups -OCH3 is 1. The number of anilines is 3. The summed E-state index contributed by atoms with van der Waals surface area (Å²) in [4.78, 5) is 9.29. The van der Waals surface area contributed by atoms with Crippen LogP contribution in [0.15, 0.2) is 60.7 Å². The monoisotopic (exact) mass is 362 g/mol. The SMILES string of the molecule is COCCNc1cc(-c2ccccc2)nc(Nc2ccc(C(C)C)cc2)n1. The summed E-state index contributed by atoms with van der Waals surface area (Å²) in [5.41, 5.74) is 4.19. The molecule has 2 aromatic carbocycles. The molecule has 0 aliphatic rings. The quantitative estimate of drug-likeness (QED) is 0.548. The normalized spacial score (nSPS) is 10.8. The highest BCUT2D eigenvalue weighted by atomic mass is 16.5. The summed E-state index contributed by atoms with van der Waals surface area (Å²) < 4.78 is 5.11. The Morgan fingerprint density at radius 3 is 2.37 bits per heavy atom. The van der Waals surface area contributed by atoms with Gasteiger partial charge in [-0.05, 0) is 23.6 Å². The molecule has 0 amide bonds. The Morgan fingerprint density at radius 2 is 1.70 bits per heavy atom. The predicted octanol–water partition coefficient (Wildman–Crippen LogP) is 5.07. The van der Waals surface area contributed by atoms with Crippen molar-refractivity contribution in [3.05, 3.63) is 66.2 Å². The van der Waals surface area contributed by atoms with Crippen LogP contribution in [0.2, 0.25) is 0 Å². The van der Waals surface area contributed by atoms with Gasteiger partial charge in [0.25, 0.3) is 0 Å². The largest absolute Gasteiger partial charge is 0.383 e. The van der Waals surface area contributed by atoms with Crippen molar-refractivity contribution in [3.63, 3.8) is 0 Å². The Bertz CT molecular complexity index is 848. The maximum atomic E-state index is 5.11. The van der Waals surface area contributed by atoms with Crippen LogP contribution in [-0.4, -0.2) is 30.2 Å². The van der Waals surface area contributed by atoms with E-state index in [2.05, 4.69) is 53.7 Å². The smallest absolute Gasteiger partial charge is 0.229 e. The molecule has 1 aromatic heterocycles. The zero-order valence-corrected chi connectivity index (χ0v) is 16.1. The fourth-order valence-electron chi connectivity index (χ4n) is 2.71. The van der Waals surface area contributed by atoms with E-state index < -0.39 is 0 Å². The lowest BCUT2D eigenvalue weighted by atomic mass is 10.0. The standard InChI is InChI=1S/C22H26N4O/c1-16(2)17-9-11-19(12-10-17)24-22-25-20(18-7-5-4-6-8-18)15-21(26-22)23-13-14-27-3/h4-12,15-16H,13-14H2,1-3H3,(H2,23,24,25,26). The highest BCUT2D eigenvalue weighted by molar-refractivity contribution is 5.66. The molecule has 2 N–H and O–H groups in total. The van der Waals surface area contributed by atoms with Crippen molar-refractivity contribution in [2.75, 3.05) is 30.9 Å². The van der Waals surface area contributed by atoms with Gasteiger partial charge in [-0.2, -0.15) is 4.98 Å². The topological polar surface area (TPSA) is 59.1 Å². The molecule has 0 spiro atoms. The molecule has 0 radical (unpaired) electrons. The second-order valence-electron chi connectivity index (χ2n) is 6.65. The Labute approximate surface area is 160 Å². The first-order valence-corrected chi connectivity index (χ1v) is 9.20. The van der Waals surface area contributed by atoms with Crippen molar-refractivity contribution < 1.29 is 4.74 Å². The predicted molar refractivity (Wildman–Crippen MR) is 112 cm³/mol. The van der Waals surface area contributed by atoms with Crippen molar-refractivity contribution in [1.82, 2.24) is 9.97 Å². The van der Waals surface area contributed by atoms with Crippen LogP contribution in [0.25, 0.3) is 11.3 Å². The zero-order chi connectivity index (χ0) is 19.1. The van der Waals surface area contributed by atoms with Crippen molar-refractivity contribution in [2.45, 2.75) is 19.8 Å². The van der Waals surface area contributed by atoms with E-state index in [1.807, 2.05) is 36.4 Å². The van der Waals surface area contributed by atoms with Crippen LogP contribution >= 0.6 is 0 Å². The van der Waals surface area contributed by atoms with Gasteiger partial charge in [-0.15, -0.1) is 0 Å². The first-order chi connectivity index (χ1) is 13.2. The van der Waals surface area contributed by atoms with Crippen LogP contribution in [-0.2, 0) is 4.74 Å². The fourth-order valence-corrected chi connectivity index (χ4v) is 2.71. The van der Waals surface area contributed by atoms with Gasteiger partial charge < -0.3 is 15.4 Å². The van der Waals surface area contributed by atoms with E-state index in [0.29, 0.717) is 25.0 Å². The van der Waals surface area contributed by atoms with Crippen molar-refractivity contribution in [2.24, 2.45) is 0 Å². The average Bonchev–Trinajstić information content (AvgIpc) is 2.69. The van der Waals surface area contributed by atoms with Crippen molar-refractivity contribution in [1.29, 1.82) is 0 Å².